The third-order valence-electron chi connectivity index (χ3n) is 1.30. The number of nitriles is 1. The Balaban J connectivity index is 2.47. The van der Waals surface area contributed by atoms with Gasteiger partial charge in [-0.1, -0.05) is 0 Å². The van der Waals surface area contributed by atoms with E-state index in [9.17, 15) is 0 Å². The predicted octanol–water partition coefficient (Wildman–Crippen LogP) is 1.41. The van der Waals surface area contributed by atoms with Gasteiger partial charge >= 0.3 is 0 Å². The third-order valence-corrected chi connectivity index (χ3v) is 2.58. The molecule has 1 aliphatic carbocycles. The summed E-state index contributed by atoms with van der Waals surface area (Å²) < 4.78 is 0.0556. The normalized spacial score (nSPS) is 23.4. The smallest absolute Gasteiger partial charge is 0.102 e. The van der Waals surface area contributed by atoms with Crippen LogP contribution in [0.5, 0.6) is 0 Å². The van der Waals surface area contributed by atoms with Crippen LogP contribution < -0.4 is 0 Å². The highest BCUT2D eigenvalue weighted by Gasteiger charge is 2.42. The van der Waals surface area contributed by atoms with Crippen molar-refractivity contribution in [1.29, 1.82) is 5.26 Å². The summed E-state index contributed by atoms with van der Waals surface area (Å²) in [6.07, 6.45) is 4.20. The number of nitrogens with zero attached hydrogens (tertiary/aromatic N) is 1. The van der Waals surface area contributed by atoms with Crippen molar-refractivity contribution in [1.82, 2.24) is 0 Å². The van der Waals surface area contributed by atoms with E-state index in [1.165, 1.54) is 0 Å². The third kappa shape index (κ3) is 0.733. The van der Waals surface area contributed by atoms with Crippen LogP contribution in [0.25, 0.3) is 0 Å². The van der Waals surface area contributed by atoms with Crippen molar-refractivity contribution in [2.24, 2.45) is 0 Å². The second kappa shape index (κ2) is 1.41. The minimum atomic E-state index is 0.0556. The highest BCUT2D eigenvalue weighted by atomic mass is 32.2. The van der Waals surface area contributed by atoms with Crippen LogP contribution in [0, 0.1) is 11.3 Å². The van der Waals surface area contributed by atoms with E-state index < -0.39 is 0 Å². The molecule has 1 saturated carbocycles. The molecule has 0 aromatic heterocycles. The molecule has 0 heterocycles. The van der Waals surface area contributed by atoms with Gasteiger partial charge in [0.25, 0.3) is 0 Å². The van der Waals surface area contributed by atoms with Crippen LogP contribution in [0.1, 0.15) is 12.8 Å². The van der Waals surface area contributed by atoms with Gasteiger partial charge in [-0.2, -0.15) is 5.26 Å². The number of hydrogen-bond donors (Lipinski definition) is 0. The molecule has 0 aromatic rings. The Bertz CT molecular complexity index is 110. The van der Waals surface area contributed by atoms with E-state index >= 15 is 0 Å². The lowest BCUT2D eigenvalue weighted by Gasteiger charge is -1.93. The molecule has 0 amide bonds. The van der Waals surface area contributed by atoms with Crippen molar-refractivity contribution in [2.45, 2.75) is 17.6 Å². The molecule has 0 bridgehead atoms. The van der Waals surface area contributed by atoms with Crippen molar-refractivity contribution in [2.75, 3.05) is 6.26 Å². The lowest BCUT2D eigenvalue weighted by molar-refractivity contribution is 1.20. The summed E-state index contributed by atoms with van der Waals surface area (Å²) in [7, 11) is 0. The van der Waals surface area contributed by atoms with E-state index in [0.717, 1.165) is 12.8 Å². The standard InChI is InChI=1S/C5H7NS/c1-7-5(4-6)2-3-5/h2-3H2,1H3. The van der Waals surface area contributed by atoms with Crippen molar-refractivity contribution in [3.63, 3.8) is 0 Å². The number of thioether (sulfide) groups is 1. The first-order chi connectivity index (χ1) is 3.33. The van der Waals surface area contributed by atoms with E-state index in [1.54, 1.807) is 11.8 Å². The zero-order chi connectivity index (χ0) is 5.33. The first kappa shape index (κ1) is 4.99. The van der Waals surface area contributed by atoms with Gasteiger partial charge in [-0.15, -0.1) is 11.8 Å². The quantitative estimate of drug-likeness (QED) is 0.513. The molecule has 0 spiro atoms. The van der Waals surface area contributed by atoms with E-state index in [1.807, 2.05) is 6.26 Å². The van der Waals surface area contributed by atoms with Crippen LogP contribution in [0.15, 0.2) is 0 Å². The first-order valence-electron chi connectivity index (χ1n) is 2.29. The minimum absolute atomic E-state index is 0.0556. The molecular formula is C5H7NS. The van der Waals surface area contributed by atoms with Gasteiger partial charge < -0.3 is 0 Å². The molecule has 7 heavy (non-hydrogen) atoms. The van der Waals surface area contributed by atoms with Crippen LogP contribution in [0.4, 0.5) is 0 Å². The summed E-state index contributed by atoms with van der Waals surface area (Å²) >= 11 is 1.68. The maximum atomic E-state index is 8.39. The van der Waals surface area contributed by atoms with Crippen molar-refractivity contribution < 1.29 is 0 Å². The Morgan fingerprint density at radius 3 is 2.29 bits per heavy atom. The molecule has 1 fully saturated rings. The molecule has 0 N–H and O–H groups in total. The molecule has 0 saturated heterocycles. The van der Waals surface area contributed by atoms with Gasteiger partial charge in [0.2, 0.25) is 0 Å². The fourth-order valence-corrected chi connectivity index (χ4v) is 1.08. The monoisotopic (exact) mass is 113 g/mol. The average molecular weight is 113 g/mol. The number of rotatable bonds is 1. The molecule has 0 aliphatic heterocycles. The van der Waals surface area contributed by atoms with Crippen molar-refractivity contribution in [3.8, 4) is 6.07 Å². The SMILES string of the molecule is CSC1(C#N)CC1. The largest absolute Gasteiger partial charge is 0.197 e. The van der Waals surface area contributed by atoms with Gasteiger partial charge in [0.15, 0.2) is 0 Å². The molecule has 0 atom stereocenters. The Morgan fingerprint density at radius 1 is 1.71 bits per heavy atom. The fraction of sp³-hybridized carbons (Fsp3) is 0.800. The van der Waals surface area contributed by atoms with Gasteiger partial charge in [0, 0.05) is 0 Å². The minimum Gasteiger partial charge on any atom is -0.197 e. The zero-order valence-corrected chi connectivity index (χ0v) is 5.09. The first-order valence-corrected chi connectivity index (χ1v) is 3.52. The molecule has 38 valence electrons. The van der Waals surface area contributed by atoms with Crippen LogP contribution in [-0.2, 0) is 0 Å². The summed E-state index contributed by atoms with van der Waals surface area (Å²) in [4.78, 5) is 0. The molecule has 0 radical (unpaired) electrons. The van der Waals surface area contributed by atoms with Gasteiger partial charge in [0.05, 0.1) is 6.07 Å². The van der Waals surface area contributed by atoms with E-state index in [-0.39, 0.29) is 4.75 Å². The maximum absolute atomic E-state index is 8.39. The van der Waals surface area contributed by atoms with Gasteiger partial charge in [-0.3, -0.25) is 0 Å². The van der Waals surface area contributed by atoms with E-state index in [0.29, 0.717) is 0 Å². The van der Waals surface area contributed by atoms with Gasteiger partial charge in [-0.25, -0.2) is 0 Å². The summed E-state index contributed by atoms with van der Waals surface area (Å²) in [5, 5.41) is 8.39. The van der Waals surface area contributed by atoms with Gasteiger partial charge in [-0.05, 0) is 19.1 Å². The molecule has 2 heteroatoms. The number of hydrogen-bond acceptors (Lipinski definition) is 2. The lowest BCUT2D eigenvalue weighted by Crippen LogP contribution is -1.93. The fourth-order valence-electron chi connectivity index (χ4n) is 0.475. The topological polar surface area (TPSA) is 23.8 Å². The maximum Gasteiger partial charge on any atom is 0.102 e. The highest BCUT2D eigenvalue weighted by molar-refractivity contribution is 8.00. The van der Waals surface area contributed by atoms with Crippen molar-refractivity contribution >= 4 is 11.8 Å². The average Bonchev–Trinajstić information content (AvgIpc) is 2.46. The van der Waals surface area contributed by atoms with Crippen LogP contribution in [0.2, 0.25) is 0 Å². The Kier molecular flexibility index (Phi) is 1.01. The van der Waals surface area contributed by atoms with Crippen LogP contribution in [0.3, 0.4) is 0 Å². The zero-order valence-electron chi connectivity index (χ0n) is 4.27. The highest BCUT2D eigenvalue weighted by Crippen LogP contribution is 2.46. The molecule has 1 nitrogen and oxygen atoms in total. The van der Waals surface area contributed by atoms with Crippen LogP contribution in [-0.4, -0.2) is 11.0 Å². The molecule has 1 aliphatic rings. The van der Waals surface area contributed by atoms with Gasteiger partial charge in [0.1, 0.15) is 4.75 Å². The molecular weight excluding hydrogens is 106 g/mol. The summed E-state index contributed by atoms with van der Waals surface area (Å²) in [5.74, 6) is 0. The predicted molar refractivity (Wildman–Crippen MR) is 31.1 cm³/mol. The summed E-state index contributed by atoms with van der Waals surface area (Å²) in [6.45, 7) is 0. The Hall–Kier alpha value is -0.160. The second-order valence-electron chi connectivity index (χ2n) is 1.81. The molecule has 0 unspecified atom stereocenters. The summed E-state index contributed by atoms with van der Waals surface area (Å²) in [5.41, 5.74) is 0. The molecule has 1 rings (SSSR count). The summed E-state index contributed by atoms with van der Waals surface area (Å²) in [6, 6.07) is 2.27. The molecule has 0 aromatic carbocycles. The second-order valence-corrected chi connectivity index (χ2v) is 3.00. The van der Waals surface area contributed by atoms with Crippen LogP contribution >= 0.6 is 11.8 Å². The Labute approximate surface area is 47.7 Å². The van der Waals surface area contributed by atoms with E-state index in [4.69, 9.17) is 5.26 Å². The lowest BCUT2D eigenvalue weighted by atomic mass is 10.5. The van der Waals surface area contributed by atoms with E-state index in [2.05, 4.69) is 6.07 Å². The van der Waals surface area contributed by atoms with Crippen molar-refractivity contribution in [3.05, 3.63) is 0 Å². The Morgan fingerprint density at radius 2 is 2.29 bits per heavy atom.